The molecule has 1 aliphatic heterocycles. The summed E-state index contributed by atoms with van der Waals surface area (Å²) in [5, 5.41) is 7.04. The van der Waals surface area contributed by atoms with Crippen LogP contribution in [-0.4, -0.2) is 55.1 Å². The fourth-order valence-electron chi connectivity index (χ4n) is 4.12. The summed E-state index contributed by atoms with van der Waals surface area (Å²) in [6.45, 7) is 4.33. The molecule has 2 N–H and O–H groups in total. The van der Waals surface area contributed by atoms with Gasteiger partial charge in [0.25, 0.3) is 0 Å². The smallest absolute Gasteiger partial charge is 0.318 e. The molecule has 1 aromatic carbocycles. The van der Waals surface area contributed by atoms with Gasteiger partial charge in [-0.25, -0.2) is 4.79 Å². The number of carbonyl (C=O) groups excluding carboxylic acids is 2. The van der Waals surface area contributed by atoms with Crippen molar-refractivity contribution in [2.24, 2.45) is 0 Å². The monoisotopic (exact) mass is 454 g/mol. The van der Waals surface area contributed by atoms with Gasteiger partial charge in [0.1, 0.15) is 6.04 Å². The molecular weight excluding hydrogens is 423 g/mol. The number of halogens is 2. The van der Waals surface area contributed by atoms with Crippen molar-refractivity contribution in [3.05, 3.63) is 28.2 Å². The van der Waals surface area contributed by atoms with Crippen LogP contribution in [0.3, 0.4) is 0 Å². The zero-order chi connectivity index (χ0) is 21.5. The first-order chi connectivity index (χ1) is 14.4. The van der Waals surface area contributed by atoms with E-state index >= 15 is 0 Å². The van der Waals surface area contributed by atoms with E-state index in [1.807, 2.05) is 12.1 Å². The van der Waals surface area contributed by atoms with E-state index in [4.69, 9.17) is 23.2 Å². The average Bonchev–Trinajstić information content (AvgIpc) is 2.72. The summed E-state index contributed by atoms with van der Waals surface area (Å²) in [6, 6.07) is 5.06. The summed E-state index contributed by atoms with van der Waals surface area (Å²) in [4.78, 5) is 29.1. The Balaban J connectivity index is 1.44. The fraction of sp³-hybridized carbons (Fsp3) is 0.636. The van der Waals surface area contributed by atoms with Crippen LogP contribution in [-0.2, 0) is 4.79 Å². The number of urea groups is 1. The summed E-state index contributed by atoms with van der Waals surface area (Å²) in [6.07, 6.45) is 8.17. The third-order valence-electron chi connectivity index (χ3n) is 6.02. The maximum Gasteiger partial charge on any atom is 0.318 e. The maximum absolute atomic E-state index is 12.6. The van der Waals surface area contributed by atoms with Crippen molar-refractivity contribution < 1.29 is 9.59 Å². The number of nitrogens with one attached hydrogen (secondary N) is 2. The quantitative estimate of drug-likeness (QED) is 0.706. The Hall–Kier alpha value is -1.66. The molecule has 6 nitrogen and oxygen atoms in total. The zero-order valence-electron chi connectivity index (χ0n) is 17.6. The second-order valence-electron chi connectivity index (χ2n) is 8.29. The Morgan fingerprint density at radius 1 is 0.967 bits per heavy atom. The van der Waals surface area contributed by atoms with Crippen LogP contribution in [0.1, 0.15) is 51.9 Å². The van der Waals surface area contributed by atoms with Crippen LogP contribution in [0.25, 0.3) is 0 Å². The summed E-state index contributed by atoms with van der Waals surface area (Å²) >= 11 is 12.1. The van der Waals surface area contributed by atoms with Gasteiger partial charge in [-0.05, 0) is 38.0 Å². The van der Waals surface area contributed by atoms with E-state index in [0.29, 0.717) is 36.2 Å². The minimum Gasteiger partial charge on any atom is -0.368 e. The van der Waals surface area contributed by atoms with E-state index in [1.165, 1.54) is 19.3 Å². The van der Waals surface area contributed by atoms with Crippen molar-refractivity contribution in [3.8, 4) is 0 Å². The summed E-state index contributed by atoms with van der Waals surface area (Å²) in [7, 11) is 0. The van der Waals surface area contributed by atoms with Gasteiger partial charge in [0.15, 0.2) is 0 Å². The van der Waals surface area contributed by atoms with Gasteiger partial charge < -0.3 is 20.4 Å². The molecule has 3 amide bonds. The van der Waals surface area contributed by atoms with Crippen LogP contribution >= 0.6 is 23.2 Å². The number of piperazine rings is 1. The SMILES string of the molecule is C[C@@H](NC(=O)N1CCN(c2ccc(Cl)c(Cl)c2)CC1)C(=O)NC1CCCCCCC1. The van der Waals surface area contributed by atoms with Gasteiger partial charge in [-0.1, -0.05) is 55.3 Å². The number of hydrogen-bond acceptors (Lipinski definition) is 3. The van der Waals surface area contributed by atoms with Crippen molar-refractivity contribution in [3.63, 3.8) is 0 Å². The summed E-state index contributed by atoms with van der Waals surface area (Å²) in [5.74, 6) is -0.0941. The molecule has 0 spiro atoms. The molecule has 2 fully saturated rings. The molecule has 3 rings (SSSR count). The molecule has 1 aliphatic carbocycles. The van der Waals surface area contributed by atoms with Gasteiger partial charge in [-0.3, -0.25) is 4.79 Å². The zero-order valence-corrected chi connectivity index (χ0v) is 19.1. The lowest BCUT2D eigenvalue weighted by Crippen LogP contribution is -2.56. The van der Waals surface area contributed by atoms with E-state index < -0.39 is 6.04 Å². The van der Waals surface area contributed by atoms with Gasteiger partial charge in [-0.15, -0.1) is 0 Å². The molecule has 0 radical (unpaired) electrons. The molecule has 0 aromatic heterocycles. The van der Waals surface area contributed by atoms with Crippen molar-refractivity contribution >= 4 is 40.8 Å². The van der Waals surface area contributed by atoms with Crippen LogP contribution in [0.5, 0.6) is 0 Å². The second kappa shape index (κ2) is 11.1. The maximum atomic E-state index is 12.6. The molecule has 2 aliphatic rings. The number of carbonyl (C=O) groups is 2. The van der Waals surface area contributed by atoms with Crippen molar-refractivity contribution in [1.29, 1.82) is 0 Å². The van der Waals surface area contributed by atoms with Crippen molar-refractivity contribution in [2.75, 3.05) is 31.1 Å². The normalized spacial score (nSPS) is 19.6. The minimum atomic E-state index is -0.545. The molecule has 8 heteroatoms. The first-order valence-electron chi connectivity index (χ1n) is 11.0. The van der Waals surface area contributed by atoms with E-state index in [-0.39, 0.29) is 18.0 Å². The van der Waals surface area contributed by atoms with Crippen LogP contribution in [0.15, 0.2) is 18.2 Å². The highest BCUT2D eigenvalue weighted by Gasteiger charge is 2.25. The first-order valence-corrected chi connectivity index (χ1v) is 11.8. The Morgan fingerprint density at radius 2 is 1.60 bits per heavy atom. The number of rotatable bonds is 4. The topological polar surface area (TPSA) is 64.7 Å². The van der Waals surface area contributed by atoms with Crippen LogP contribution < -0.4 is 15.5 Å². The van der Waals surface area contributed by atoms with E-state index in [9.17, 15) is 9.59 Å². The summed E-state index contributed by atoms with van der Waals surface area (Å²) < 4.78 is 0. The molecule has 0 unspecified atom stereocenters. The number of anilines is 1. The largest absolute Gasteiger partial charge is 0.368 e. The molecule has 1 aromatic rings. The second-order valence-corrected chi connectivity index (χ2v) is 9.11. The molecule has 30 heavy (non-hydrogen) atoms. The highest BCUT2D eigenvalue weighted by Crippen LogP contribution is 2.27. The van der Waals surface area contributed by atoms with Crippen molar-refractivity contribution in [2.45, 2.75) is 64.0 Å². The Kier molecular flexibility index (Phi) is 8.51. The first kappa shape index (κ1) is 23.0. The molecule has 166 valence electrons. The van der Waals surface area contributed by atoms with E-state index in [0.717, 1.165) is 31.4 Å². The van der Waals surface area contributed by atoms with Gasteiger partial charge in [0.05, 0.1) is 10.0 Å². The van der Waals surface area contributed by atoms with Gasteiger partial charge in [0.2, 0.25) is 5.91 Å². The van der Waals surface area contributed by atoms with Gasteiger partial charge in [0, 0.05) is 37.9 Å². The highest BCUT2D eigenvalue weighted by molar-refractivity contribution is 6.42. The van der Waals surface area contributed by atoms with Gasteiger partial charge >= 0.3 is 6.03 Å². The Morgan fingerprint density at radius 3 is 2.23 bits per heavy atom. The number of benzene rings is 1. The highest BCUT2D eigenvalue weighted by atomic mass is 35.5. The van der Waals surface area contributed by atoms with Crippen LogP contribution in [0.2, 0.25) is 10.0 Å². The number of hydrogen-bond donors (Lipinski definition) is 2. The number of amides is 3. The van der Waals surface area contributed by atoms with Crippen molar-refractivity contribution in [1.82, 2.24) is 15.5 Å². The molecule has 1 heterocycles. The third kappa shape index (κ3) is 6.42. The average molecular weight is 455 g/mol. The minimum absolute atomic E-state index is 0.0941. The molecule has 0 bridgehead atoms. The summed E-state index contributed by atoms with van der Waals surface area (Å²) in [5.41, 5.74) is 0.997. The van der Waals surface area contributed by atoms with Crippen LogP contribution in [0, 0.1) is 0 Å². The van der Waals surface area contributed by atoms with E-state index in [2.05, 4.69) is 15.5 Å². The van der Waals surface area contributed by atoms with Crippen LogP contribution in [0.4, 0.5) is 10.5 Å². The predicted molar refractivity (Wildman–Crippen MR) is 122 cm³/mol. The Labute approximate surface area is 189 Å². The Bertz CT molecular complexity index is 730. The lowest BCUT2D eigenvalue weighted by molar-refractivity contribution is -0.123. The number of nitrogens with zero attached hydrogens (tertiary/aromatic N) is 2. The lowest BCUT2D eigenvalue weighted by atomic mass is 9.96. The molecule has 1 atom stereocenters. The molecule has 1 saturated carbocycles. The molecule has 1 saturated heterocycles. The fourth-order valence-corrected chi connectivity index (χ4v) is 4.41. The third-order valence-corrected chi connectivity index (χ3v) is 6.76. The predicted octanol–water partition coefficient (Wildman–Crippen LogP) is 4.44. The molecular formula is C22H32Cl2N4O2. The van der Waals surface area contributed by atoms with Gasteiger partial charge in [-0.2, -0.15) is 0 Å². The lowest BCUT2D eigenvalue weighted by Gasteiger charge is -2.36. The standard InChI is InChI=1S/C22H32Cl2N4O2/c1-16(21(29)26-17-7-5-3-2-4-6-8-17)25-22(30)28-13-11-27(12-14-28)18-9-10-19(23)20(24)15-18/h9-10,15-17H,2-8,11-14H2,1H3,(H,25,30)(H,26,29)/t16-/m1/s1. The van der Waals surface area contributed by atoms with E-state index in [1.54, 1.807) is 17.9 Å².